The summed E-state index contributed by atoms with van der Waals surface area (Å²) in [5.74, 6) is 0.517. The number of esters is 1. The molecule has 17 heavy (non-hydrogen) atoms. The predicted octanol–water partition coefficient (Wildman–Crippen LogP) is 2.15. The maximum Gasteiger partial charge on any atom is 0.306 e. The fraction of sp³-hybridized carbons (Fsp3) is 0.500. The van der Waals surface area contributed by atoms with Crippen molar-refractivity contribution in [2.75, 3.05) is 12.9 Å². The molecule has 0 amide bonds. The van der Waals surface area contributed by atoms with Gasteiger partial charge in [-0.05, 0) is 18.6 Å². The molecule has 0 spiro atoms. The number of carbonyl (C=O) groups excluding carboxylic acids is 1. The molecule has 2 N–H and O–H groups in total. The van der Waals surface area contributed by atoms with E-state index in [4.69, 9.17) is 5.73 Å². The highest BCUT2D eigenvalue weighted by atomic mass is 32.2. The van der Waals surface area contributed by atoms with Crippen LogP contribution in [-0.2, 0) is 9.53 Å². The minimum atomic E-state index is -0.185. The van der Waals surface area contributed by atoms with E-state index in [2.05, 4.69) is 9.72 Å². The van der Waals surface area contributed by atoms with Gasteiger partial charge in [-0.1, -0.05) is 6.92 Å². The van der Waals surface area contributed by atoms with Crippen LogP contribution in [0.15, 0.2) is 23.2 Å². The molecule has 0 unspecified atom stereocenters. The summed E-state index contributed by atoms with van der Waals surface area (Å²) in [5.41, 5.74) is 6.78. The first-order chi connectivity index (χ1) is 8.17. The van der Waals surface area contributed by atoms with Crippen molar-refractivity contribution < 1.29 is 9.53 Å². The van der Waals surface area contributed by atoms with Crippen molar-refractivity contribution in [2.24, 2.45) is 5.73 Å². The second kappa shape index (κ2) is 7.29. The molecule has 1 heterocycles. The first-order valence-corrected chi connectivity index (χ1v) is 6.57. The number of carbonyl (C=O) groups is 1. The second-order valence-electron chi connectivity index (χ2n) is 3.61. The van der Waals surface area contributed by atoms with E-state index in [9.17, 15) is 4.79 Å². The van der Waals surface area contributed by atoms with Crippen molar-refractivity contribution in [1.82, 2.24) is 4.98 Å². The van der Waals surface area contributed by atoms with E-state index < -0.39 is 0 Å². The zero-order valence-corrected chi connectivity index (χ0v) is 11.0. The van der Waals surface area contributed by atoms with Crippen molar-refractivity contribution in [3.05, 3.63) is 24.0 Å². The quantitative estimate of drug-likeness (QED) is 0.622. The van der Waals surface area contributed by atoms with Crippen LogP contribution < -0.4 is 5.73 Å². The van der Waals surface area contributed by atoms with E-state index in [0.717, 1.165) is 17.0 Å². The molecular weight excluding hydrogens is 236 g/mol. The van der Waals surface area contributed by atoms with Crippen LogP contribution in [-0.4, -0.2) is 23.8 Å². The molecule has 0 aliphatic rings. The third-order valence-corrected chi connectivity index (χ3v) is 3.36. The summed E-state index contributed by atoms with van der Waals surface area (Å²) in [6.07, 6.45) is 3.09. The van der Waals surface area contributed by atoms with E-state index in [-0.39, 0.29) is 12.0 Å². The number of rotatable bonds is 6. The van der Waals surface area contributed by atoms with Crippen molar-refractivity contribution in [3.63, 3.8) is 0 Å². The van der Waals surface area contributed by atoms with Crippen molar-refractivity contribution in [2.45, 2.75) is 30.7 Å². The molecule has 1 rings (SSSR count). The van der Waals surface area contributed by atoms with Gasteiger partial charge >= 0.3 is 5.97 Å². The third-order valence-electron chi connectivity index (χ3n) is 2.38. The molecule has 0 aliphatic heterocycles. The smallest absolute Gasteiger partial charge is 0.306 e. The molecule has 0 fully saturated rings. The number of pyridine rings is 1. The summed E-state index contributed by atoms with van der Waals surface area (Å²) in [6, 6.07) is 3.93. The average Bonchev–Trinajstić information content (AvgIpc) is 2.38. The number of methoxy groups -OCH3 is 1. The van der Waals surface area contributed by atoms with Gasteiger partial charge in [0, 0.05) is 22.9 Å². The summed E-state index contributed by atoms with van der Waals surface area (Å²) >= 11 is 1.59. The van der Waals surface area contributed by atoms with E-state index in [1.807, 2.05) is 19.1 Å². The van der Waals surface area contributed by atoms with E-state index in [1.54, 1.807) is 18.0 Å². The van der Waals surface area contributed by atoms with E-state index in [1.165, 1.54) is 7.11 Å². The zero-order chi connectivity index (χ0) is 12.7. The number of hydrogen-bond acceptors (Lipinski definition) is 5. The number of aromatic nitrogens is 1. The number of hydrogen-bond donors (Lipinski definition) is 1. The molecule has 1 aromatic heterocycles. The van der Waals surface area contributed by atoms with Gasteiger partial charge in [-0.25, -0.2) is 0 Å². The summed E-state index contributed by atoms with van der Waals surface area (Å²) in [5, 5.41) is 0. The van der Waals surface area contributed by atoms with Gasteiger partial charge in [-0.15, -0.1) is 11.8 Å². The monoisotopic (exact) mass is 254 g/mol. The van der Waals surface area contributed by atoms with Gasteiger partial charge in [0.2, 0.25) is 0 Å². The summed E-state index contributed by atoms with van der Waals surface area (Å²) in [7, 11) is 1.40. The Kier molecular flexibility index (Phi) is 6.00. The van der Waals surface area contributed by atoms with Gasteiger partial charge in [-0.3, -0.25) is 9.78 Å². The highest BCUT2D eigenvalue weighted by Crippen LogP contribution is 2.20. The maximum atomic E-state index is 10.9. The summed E-state index contributed by atoms with van der Waals surface area (Å²) in [4.78, 5) is 16.3. The maximum absolute atomic E-state index is 10.9. The van der Waals surface area contributed by atoms with Crippen LogP contribution in [0.4, 0.5) is 0 Å². The minimum absolute atomic E-state index is 0.00381. The lowest BCUT2D eigenvalue weighted by atomic mass is 10.1. The Morgan fingerprint density at radius 3 is 2.88 bits per heavy atom. The predicted molar refractivity (Wildman–Crippen MR) is 68.8 cm³/mol. The van der Waals surface area contributed by atoms with Gasteiger partial charge in [0.25, 0.3) is 0 Å². The van der Waals surface area contributed by atoms with Gasteiger partial charge < -0.3 is 10.5 Å². The second-order valence-corrected chi connectivity index (χ2v) is 4.78. The van der Waals surface area contributed by atoms with Crippen molar-refractivity contribution >= 4 is 17.7 Å². The fourth-order valence-corrected chi connectivity index (χ4v) is 2.06. The largest absolute Gasteiger partial charge is 0.469 e. The van der Waals surface area contributed by atoms with Crippen LogP contribution in [0.25, 0.3) is 0 Å². The molecule has 0 radical (unpaired) electrons. The van der Waals surface area contributed by atoms with Gasteiger partial charge in [-0.2, -0.15) is 0 Å². The normalized spacial score (nSPS) is 12.2. The molecule has 0 aliphatic carbocycles. The number of ether oxygens (including phenoxy) is 1. The van der Waals surface area contributed by atoms with Crippen molar-refractivity contribution in [3.8, 4) is 0 Å². The lowest BCUT2D eigenvalue weighted by Gasteiger charge is -2.08. The Hall–Kier alpha value is -1.07. The molecule has 94 valence electrons. The Balaban J connectivity index is 2.43. The molecule has 4 nitrogen and oxygen atoms in total. The third kappa shape index (κ3) is 4.75. The fourth-order valence-electron chi connectivity index (χ4n) is 1.26. The van der Waals surface area contributed by atoms with Gasteiger partial charge in [0.1, 0.15) is 0 Å². The van der Waals surface area contributed by atoms with Gasteiger partial charge in [0.15, 0.2) is 0 Å². The van der Waals surface area contributed by atoms with Crippen LogP contribution in [0.1, 0.15) is 31.5 Å². The van der Waals surface area contributed by atoms with Gasteiger partial charge in [0.05, 0.1) is 19.2 Å². The molecule has 0 aromatic carbocycles. The first kappa shape index (κ1) is 14.0. The van der Waals surface area contributed by atoms with Crippen molar-refractivity contribution in [1.29, 1.82) is 0 Å². The lowest BCUT2D eigenvalue weighted by molar-refractivity contribution is -0.140. The summed E-state index contributed by atoms with van der Waals surface area (Å²) < 4.78 is 4.57. The van der Waals surface area contributed by atoms with Crippen LogP contribution in [0.5, 0.6) is 0 Å². The number of nitrogens with two attached hydrogens (primary N) is 1. The van der Waals surface area contributed by atoms with E-state index >= 15 is 0 Å². The summed E-state index contributed by atoms with van der Waals surface area (Å²) in [6.45, 7) is 2.03. The SMILES string of the molecule is CC[C@H](N)c1ccc(SCCC(=O)OC)cn1. The Bertz CT molecular complexity index is 354. The van der Waals surface area contributed by atoms with Crippen LogP contribution in [0.3, 0.4) is 0 Å². The molecule has 0 saturated carbocycles. The van der Waals surface area contributed by atoms with E-state index in [0.29, 0.717) is 12.2 Å². The standard InChI is InChI=1S/C12H18N2O2S/c1-3-10(13)11-5-4-9(8-14-11)17-7-6-12(15)16-2/h4-5,8,10H,3,6-7,13H2,1-2H3/t10-/m0/s1. The molecule has 1 aromatic rings. The molecule has 5 heteroatoms. The zero-order valence-electron chi connectivity index (χ0n) is 10.2. The average molecular weight is 254 g/mol. The molecular formula is C12H18N2O2S. The molecule has 0 saturated heterocycles. The minimum Gasteiger partial charge on any atom is -0.469 e. The highest BCUT2D eigenvalue weighted by molar-refractivity contribution is 7.99. The topological polar surface area (TPSA) is 65.2 Å². The van der Waals surface area contributed by atoms with Crippen LogP contribution in [0, 0.1) is 0 Å². The Labute approximate surface area is 106 Å². The number of thioether (sulfide) groups is 1. The molecule has 1 atom stereocenters. The first-order valence-electron chi connectivity index (χ1n) is 5.58. The van der Waals surface area contributed by atoms with Crippen LogP contribution >= 0.6 is 11.8 Å². The Morgan fingerprint density at radius 2 is 2.35 bits per heavy atom. The highest BCUT2D eigenvalue weighted by Gasteiger charge is 2.05. The Morgan fingerprint density at radius 1 is 1.59 bits per heavy atom. The van der Waals surface area contributed by atoms with Crippen LogP contribution in [0.2, 0.25) is 0 Å². The molecule has 0 bridgehead atoms. The lowest BCUT2D eigenvalue weighted by Crippen LogP contribution is -2.10. The number of nitrogens with zero attached hydrogens (tertiary/aromatic N) is 1.